The van der Waals surface area contributed by atoms with Crippen molar-refractivity contribution >= 4 is 23.2 Å². The number of hydrogen-bond acceptors (Lipinski definition) is 3. The van der Waals surface area contributed by atoms with Gasteiger partial charge >= 0.3 is 0 Å². The number of amides is 1. The largest absolute Gasteiger partial charge is 0.436 e. The second kappa shape index (κ2) is 7.71. The van der Waals surface area contributed by atoms with Gasteiger partial charge in [0.1, 0.15) is 0 Å². The van der Waals surface area contributed by atoms with Gasteiger partial charge in [-0.3, -0.25) is 4.79 Å². The molecular formula is C23H17ClN2O2. The van der Waals surface area contributed by atoms with E-state index in [2.05, 4.69) is 10.3 Å². The predicted molar refractivity (Wildman–Crippen MR) is 112 cm³/mol. The Morgan fingerprint density at radius 2 is 1.57 bits per heavy atom. The van der Waals surface area contributed by atoms with E-state index < -0.39 is 0 Å². The van der Waals surface area contributed by atoms with Gasteiger partial charge in [0.05, 0.1) is 16.3 Å². The first-order valence-electron chi connectivity index (χ1n) is 8.81. The van der Waals surface area contributed by atoms with Gasteiger partial charge in [-0.15, -0.1) is 0 Å². The Bertz CT molecular complexity index is 1120. The summed E-state index contributed by atoms with van der Waals surface area (Å²) in [7, 11) is 0. The monoisotopic (exact) mass is 388 g/mol. The SMILES string of the molecule is Cc1nc(-c2ccc(NC(=O)c3ccccc3Cl)cc2)oc1-c1ccccc1. The molecule has 4 rings (SSSR count). The molecule has 0 radical (unpaired) electrons. The molecule has 0 aliphatic heterocycles. The van der Waals surface area contributed by atoms with Crippen LogP contribution in [0, 0.1) is 6.92 Å². The van der Waals surface area contributed by atoms with Gasteiger partial charge in [0.2, 0.25) is 5.89 Å². The van der Waals surface area contributed by atoms with E-state index in [-0.39, 0.29) is 5.91 Å². The molecule has 0 saturated carbocycles. The topological polar surface area (TPSA) is 55.1 Å². The summed E-state index contributed by atoms with van der Waals surface area (Å²) in [6.45, 7) is 1.92. The zero-order chi connectivity index (χ0) is 19.5. The summed E-state index contributed by atoms with van der Waals surface area (Å²) >= 11 is 6.08. The molecule has 1 amide bonds. The van der Waals surface area contributed by atoms with Crippen molar-refractivity contribution in [2.24, 2.45) is 0 Å². The van der Waals surface area contributed by atoms with Gasteiger partial charge in [0.15, 0.2) is 5.76 Å². The summed E-state index contributed by atoms with van der Waals surface area (Å²) in [5.74, 6) is 1.05. The van der Waals surface area contributed by atoms with Crippen LogP contribution in [0.25, 0.3) is 22.8 Å². The molecule has 0 saturated heterocycles. The summed E-state index contributed by atoms with van der Waals surface area (Å²) in [5.41, 5.74) is 3.75. The minimum atomic E-state index is -0.253. The Hall–Kier alpha value is -3.37. The van der Waals surface area contributed by atoms with Crippen molar-refractivity contribution in [3.63, 3.8) is 0 Å². The summed E-state index contributed by atoms with van der Waals surface area (Å²) in [5, 5.41) is 3.26. The lowest BCUT2D eigenvalue weighted by atomic mass is 10.1. The molecule has 0 spiro atoms. The van der Waals surface area contributed by atoms with Crippen LogP contribution in [0.15, 0.2) is 83.3 Å². The average Bonchev–Trinajstić information content (AvgIpc) is 3.11. The molecule has 0 aliphatic rings. The van der Waals surface area contributed by atoms with Crippen LogP contribution < -0.4 is 5.32 Å². The summed E-state index contributed by atoms with van der Waals surface area (Å²) in [4.78, 5) is 16.9. The second-order valence-corrected chi connectivity index (χ2v) is 6.72. The number of anilines is 1. The van der Waals surface area contributed by atoms with Crippen LogP contribution in [0.4, 0.5) is 5.69 Å². The number of nitrogens with one attached hydrogen (secondary N) is 1. The molecule has 4 aromatic rings. The maximum atomic E-state index is 12.4. The van der Waals surface area contributed by atoms with Crippen LogP contribution in [0.3, 0.4) is 0 Å². The Morgan fingerprint density at radius 3 is 2.29 bits per heavy atom. The average molecular weight is 389 g/mol. The molecule has 5 heteroatoms. The van der Waals surface area contributed by atoms with E-state index in [1.54, 1.807) is 24.3 Å². The Balaban J connectivity index is 1.54. The van der Waals surface area contributed by atoms with Gasteiger partial charge in [0, 0.05) is 16.8 Å². The highest BCUT2D eigenvalue weighted by Crippen LogP contribution is 2.30. The van der Waals surface area contributed by atoms with E-state index in [9.17, 15) is 4.79 Å². The van der Waals surface area contributed by atoms with E-state index in [0.717, 1.165) is 22.6 Å². The number of halogens is 1. The highest BCUT2D eigenvalue weighted by molar-refractivity contribution is 6.34. The third-order valence-corrected chi connectivity index (χ3v) is 4.67. The predicted octanol–water partition coefficient (Wildman–Crippen LogP) is 6.22. The molecule has 138 valence electrons. The van der Waals surface area contributed by atoms with Gasteiger partial charge in [-0.2, -0.15) is 0 Å². The molecule has 4 nitrogen and oxygen atoms in total. The lowest BCUT2D eigenvalue weighted by molar-refractivity contribution is 0.102. The fourth-order valence-electron chi connectivity index (χ4n) is 2.92. The van der Waals surface area contributed by atoms with Gasteiger partial charge in [-0.1, -0.05) is 54.1 Å². The number of hydrogen-bond donors (Lipinski definition) is 1. The quantitative estimate of drug-likeness (QED) is 0.451. The molecule has 0 aliphatic carbocycles. The molecular weight excluding hydrogens is 372 g/mol. The van der Waals surface area contributed by atoms with E-state index in [1.165, 1.54) is 0 Å². The fraction of sp³-hybridized carbons (Fsp3) is 0.0435. The Morgan fingerprint density at radius 1 is 0.893 bits per heavy atom. The van der Waals surface area contributed by atoms with Crippen LogP contribution in [0.5, 0.6) is 0 Å². The first-order valence-corrected chi connectivity index (χ1v) is 9.19. The molecule has 28 heavy (non-hydrogen) atoms. The first kappa shape index (κ1) is 18.0. The van der Waals surface area contributed by atoms with Crippen molar-refractivity contribution in [2.45, 2.75) is 6.92 Å². The zero-order valence-electron chi connectivity index (χ0n) is 15.1. The first-order chi connectivity index (χ1) is 13.6. The van der Waals surface area contributed by atoms with Crippen molar-refractivity contribution in [2.75, 3.05) is 5.32 Å². The van der Waals surface area contributed by atoms with Crippen molar-refractivity contribution < 1.29 is 9.21 Å². The molecule has 0 fully saturated rings. The van der Waals surface area contributed by atoms with Crippen molar-refractivity contribution in [1.82, 2.24) is 4.98 Å². The van der Waals surface area contributed by atoms with Crippen LogP contribution >= 0.6 is 11.6 Å². The smallest absolute Gasteiger partial charge is 0.257 e. The number of carbonyl (C=O) groups excluding carboxylic acids is 1. The van der Waals surface area contributed by atoms with Gasteiger partial charge in [-0.25, -0.2) is 4.98 Å². The van der Waals surface area contributed by atoms with Crippen molar-refractivity contribution in [3.05, 3.63) is 95.1 Å². The maximum Gasteiger partial charge on any atom is 0.257 e. The number of carbonyl (C=O) groups is 1. The van der Waals surface area contributed by atoms with Crippen LogP contribution in [-0.4, -0.2) is 10.9 Å². The van der Waals surface area contributed by atoms with Gasteiger partial charge in [-0.05, 0) is 43.3 Å². The zero-order valence-corrected chi connectivity index (χ0v) is 15.9. The molecule has 1 aromatic heterocycles. The number of benzene rings is 3. The normalized spacial score (nSPS) is 10.6. The van der Waals surface area contributed by atoms with E-state index in [1.807, 2.05) is 61.5 Å². The van der Waals surface area contributed by atoms with Crippen LogP contribution in [0.1, 0.15) is 16.1 Å². The third-order valence-electron chi connectivity index (χ3n) is 4.34. The third kappa shape index (κ3) is 3.68. The van der Waals surface area contributed by atoms with Gasteiger partial charge < -0.3 is 9.73 Å². The highest BCUT2D eigenvalue weighted by Gasteiger charge is 2.14. The molecule has 0 atom stereocenters. The minimum Gasteiger partial charge on any atom is -0.436 e. The van der Waals surface area contributed by atoms with E-state index in [4.69, 9.17) is 16.0 Å². The maximum absolute atomic E-state index is 12.4. The van der Waals surface area contributed by atoms with E-state index in [0.29, 0.717) is 22.2 Å². The lowest BCUT2D eigenvalue weighted by Crippen LogP contribution is -2.12. The molecule has 0 unspecified atom stereocenters. The number of oxazole rings is 1. The van der Waals surface area contributed by atoms with Crippen molar-refractivity contribution in [3.8, 4) is 22.8 Å². The number of nitrogens with zero attached hydrogens (tertiary/aromatic N) is 1. The standard InChI is InChI=1S/C23H17ClN2O2/c1-15-21(16-7-3-2-4-8-16)28-23(25-15)17-11-13-18(14-12-17)26-22(27)19-9-5-6-10-20(19)24/h2-14H,1H3,(H,26,27). The van der Waals surface area contributed by atoms with E-state index >= 15 is 0 Å². The molecule has 3 aromatic carbocycles. The molecule has 1 N–H and O–H groups in total. The summed E-state index contributed by atoms with van der Waals surface area (Å²) in [6, 6.07) is 24.2. The van der Waals surface area contributed by atoms with Gasteiger partial charge in [0.25, 0.3) is 5.91 Å². The number of aryl methyl sites for hydroxylation is 1. The van der Waals surface area contributed by atoms with Crippen LogP contribution in [-0.2, 0) is 0 Å². The van der Waals surface area contributed by atoms with Crippen LogP contribution in [0.2, 0.25) is 5.02 Å². The number of rotatable bonds is 4. The summed E-state index contributed by atoms with van der Waals surface area (Å²) < 4.78 is 5.98. The molecule has 0 bridgehead atoms. The minimum absolute atomic E-state index is 0.253. The Kier molecular flexibility index (Phi) is 4.96. The van der Waals surface area contributed by atoms with Crippen molar-refractivity contribution in [1.29, 1.82) is 0 Å². The second-order valence-electron chi connectivity index (χ2n) is 6.31. The number of aromatic nitrogens is 1. The lowest BCUT2D eigenvalue weighted by Gasteiger charge is -2.07. The molecule has 1 heterocycles. The fourth-order valence-corrected chi connectivity index (χ4v) is 3.14. The Labute approximate surface area is 167 Å². The highest BCUT2D eigenvalue weighted by atomic mass is 35.5. The summed E-state index contributed by atoms with van der Waals surface area (Å²) in [6.07, 6.45) is 0.